The van der Waals surface area contributed by atoms with Crippen LogP contribution in [0.5, 0.6) is 5.75 Å². The number of nitriles is 1. The van der Waals surface area contributed by atoms with Crippen LogP contribution in [0.3, 0.4) is 0 Å². The van der Waals surface area contributed by atoms with Gasteiger partial charge in [0.1, 0.15) is 41.9 Å². The summed E-state index contributed by atoms with van der Waals surface area (Å²) in [5.74, 6) is -1.93. The second-order valence-electron chi connectivity index (χ2n) is 14.1. The quantitative estimate of drug-likeness (QED) is 0.0256. The molecule has 2 unspecified atom stereocenters. The van der Waals surface area contributed by atoms with Gasteiger partial charge in [-0.05, 0) is 37.6 Å². The number of fused-ring (bicyclic) bond motifs is 1. The number of benzene rings is 1. The molecular formula is C40H63N6O9P. The van der Waals surface area contributed by atoms with E-state index in [1.807, 2.05) is 6.07 Å². The first-order chi connectivity index (χ1) is 27.1. The number of nitrogens with two attached hydrogens (primary N) is 1. The van der Waals surface area contributed by atoms with Crippen molar-refractivity contribution in [3.63, 3.8) is 0 Å². The number of para-hydroxylation sites is 1. The molecule has 312 valence electrons. The van der Waals surface area contributed by atoms with E-state index in [4.69, 9.17) is 24.3 Å². The Morgan fingerprint density at radius 1 is 0.875 bits per heavy atom. The molecule has 0 bridgehead atoms. The number of nitrogen functional groups attached to an aromatic ring is 1. The van der Waals surface area contributed by atoms with Gasteiger partial charge in [-0.25, -0.2) is 14.1 Å². The minimum atomic E-state index is -4.39. The van der Waals surface area contributed by atoms with Gasteiger partial charge in [0.05, 0.1) is 30.9 Å². The Kier molecular flexibility index (Phi) is 22.0. The molecule has 3 rings (SSSR count). The predicted octanol–water partition coefficient (Wildman–Crippen LogP) is 6.82. The standard InChI is InChI=1S/C40H63N6O9P/c1-3-4-5-6-7-8-9-10-11-12-13-14-15-19-25-52-26-20-27-53-40(50)31(2)45-56(51,55-33-21-17-16-18-22-33)54-29-32(28-41)36(47)38(49)37(48)34-23-24-35-39(42)43-30-44-46(34)35/h16-18,21-24,30-32,36-38,47-49H,3-15,19-20,25-27,29H2,1-2H3,(H,45,51)(H2,42,43,44)/t31-,32?,36+,37-,38+,56?/m0/s1. The predicted molar refractivity (Wildman–Crippen MR) is 213 cm³/mol. The Hall–Kier alpha value is -3.61. The van der Waals surface area contributed by atoms with E-state index in [0.29, 0.717) is 25.2 Å². The van der Waals surface area contributed by atoms with Crippen LogP contribution < -0.4 is 15.3 Å². The monoisotopic (exact) mass is 802 g/mol. The molecule has 0 fully saturated rings. The molecule has 0 aliphatic heterocycles. The third-order valence-corrected chi connectivity index (χ3v) is 11.1. The summed E-state index contributed by atoms with van der Waals surface area (Å²) in [5, 5.41) is 49.0. The van der Waals surface area contributed by atoms with Crippen LogP contribution in [0, 0.1) is 17.2 Å². The summed E-state index contributed by atoms with van der Waals surface area (Å²) in [6.07, 6.45) is 14.3. The molecule has 0 spiro atoms. The third-order valence-electron chi connectivity index (χ3n) is 9.48. The summed E-state index contributed by atoms with van der Waals surface area (Å²) in [7, 11) is -4.39. The average molecular weight is 803 g/mol. The second kappa shape index (κ2) is 26.3. The number of hydrogen-bond donors (Lipinski definition) is 5. The van der Waals surface area contributed by atoms with Gasteiger partial charge in [0, 0.05) is 19.6 Å². The SMILES string of the molecule is CCCCCCCCCCCCCCCCOCCCOC(=O)[C@H](C)NP(=O)(OCC(C#N)[C@@H](O)[C@@H](O)[C@@H](O)c1ccc2c(N)ncnn12)Oc1ccccc1. The van der Waals surface area contributed by atoms with Crippen LogP contribution >= 0.6 is 7.75 Å². The summed E-state index contributed by atoms with van der Waals surface area (Å²) in [6.45, 7) is 4.15. The highest BCUT2D eigenvalue weighted by atomic mass is 31.2. The lowest BCUT2D eigenvalue weighted by atomic mass is 9.95. The van der Waals surface area contributed by atoms with Crippen LogP contribution in [-0.4, -0.2) is 80.6 Å². The van der Waals surface area contributed by atoms with Crippen molar-refractivity contribution in [2.24, 2.45) is 5.92 Å². The van der Waals surface area contributed by atoms with E-state index >= 15 is 0 Å². The first-order valence-corrected chi connectivity index (χ1v) is 21.7. The number of anilines is 1. The van der Waals surface area contributed by atoms with E-state index in [1.54, 1.807) is 18.2 Å². The van der Waals surface area contributed by atoms with Gasteiger partial charge in [0.2, 0.25) is 0 Å². The fourth-order valence-electron chi connectivity index (χ4n) is 6.15. The number of aliphatic hydroxyl groups is 3. The number of ether oxygens (including phenoxy) is 2. The van der Waals surface area contributed by atoms with Crippen molar-refractivity contribution < 1.29 is 43.2 Å². The highest BCUT2D eigenvalue weighted by Gasteiger charge is 2.38. The summed E-state index contributed by atoms with van der Waals surface area (Å²) in [6, 6.07) is 11.7. The molecule has 2 heterocycles. The highest BCUT2D eigenvalue weighted by molar-refractivity contribution is 7.52. The van der Waals surface area contributed by atoms with E-state index in [9.17, 15) is 29.9 Å². The normalized spacial score (nSPS) is 15.4. The van der Waals surface area contributed by atoms with Gasteiger partial charge in [-0.15, -0.1) is 0 Å². The molecule has 0 saturated carbocycles. The van der Waals surface area contributed by atoms with Crippen molar-refractivity contribution in [1.82, 2.24) is 19.7 Å². The van der Waals surface area contributed by atoms with Crippen LogP contribution in [-0.2, 0) is 23.4 Å². The fourth-order valence-corrected chi connectivity index (χ4v) is 7.66. The Balaban J connectivity index is 1.37. The van der Waals surface area contributed by atoms with Gasteiger partial charge in [0.25, 0.3) is 0 Å². The molecule has 0 aliphatic carbocycles. The summed E-state index contributed by atoms with van der Waals surface area (Å²) < 4.78 is 37.4. The minimum Gasteiger partial charge on any atom is -0.464 e. The maximum absolute atomic E-state index is 13.9. The molecule has 16 heteroatoms. The summed E-state index contributed by atoms with van der Waals surface area (Å²) in [4.78, 5) is 16.7. The zero-order valence-electron chi connectivity index (χ0n) is 33.0. The number of hydrogen-bond acceptors (Lipinski definition) is 13. The molecule has 2 aromatic heterocycles. The number of carbonyl (C=O) groups is 1. The number of carbonyl (C=O) groups excluding carboxylic acids is 1. The number of nitrogens with zero attached hydrogens (tertiary/aromatic N) is 4. The lowest BCUT2D eigenvalue weighted by Gasteiger charge is -2.27. The summed E-state index contributed by atoms with van der Waals surface area (Å²) >= 11 is 0. The molecule has 0 amide bonds. The molecule has 1 aromatic carbocycles. The zero-order valence-corrected chi connectivity index (χ0v) is 33.9. The van der Waals surface area contributed by atoms with Crippen LogP contribution in [0.2, 0.25) is 0 Å². The smallest absolute Gasteiger partial charge is 0.459 e. The van der Waals surface area contributed by atoms with E-state index in [-0.39, 0.29) is 23.9 Å². The minimum absolute atomic E-state index is 0.0851. The van der Waals surface area contributed by atoms with Crippen molar-refractivity contribution in [2.75, 3.05) is 32.2 Å². The van der Waals surface area contributed by atoms with Crippen molar-refractivity contribution in [3.05, 3.63) is 54.5 Å². The van der Waals surface area contributed by atoms with Gasteiger partial charge in [0.15, 0.2) is 5.82 Å². The Bertz CT molecular complexity index is 1620. The van der Waals surface area contributed by atoms with Crippen LogP contribution in [0.15, 0.2) is 48.8 Å². The molecule has 0 aliphatic rings. The topological polar surface area (TPSA) is 224 Å². The van der Waals surface area contributed by atoms with Gasteiger partial charge >= 0.3 is 13.7 Å². The molecule has 0 saturated heterocycles. The molecule has 56 heavy (non-hydrogen) atoms. The molecular weight excluding hydrogens is 739 g/mol. The largest absolute Gasteiger partial charge is 0.464 e. The number of rotatable bonds is 31. The number of unbranched alkanes of at least 4 members (excludes halogenated alkanes) is 13. The average Bonchev–Trinajstić information content (AvgIpc) is 3.64. The highest BCUT2D eigenvalue weighted by Crippen LogP contribution is 2.45. The molecule has 6 atom stereocenters. The first-order valence-electron chi connectivity index (χ1n) is 20.1. The first kappa shape index (κ1) is 46.8. The molecule has 6 N–H and O–H groups in total. The van der Waals surface area contributed by atoms with Crippen molar-refractivity contribution >= 4 is 25.1 Å². The Morgan fingerprint density at radius 2 is 1.48 bits per heavy atom. The van der Waals surface area contributed by atoms with Gasteiger partial charge in [-0.1, -0.05) is 109 Å². The van der Waals surface area contributed by atoms with E-state index in [0.717, 1.165) is 19.2 Å². The van der Waals surface area contributed by atoms with Crippen LogP contribution in [0.4, 0.5) is 5.82 Å². The van der Waals surface area contributed by atoms with E-state index < -0.39 is 50.6 Å². The van der Waals surface area contributed by atoms with Crippen molar-refractivity contribution in [3.8, 4) is 11.8 Å². The molecule has 15 nitrogen and oxygen atoms in total. The van der Waals surface area contributed by atoms with Crippen LogP contribution in [0.25, 0.3) is 5.52 Å². The molecule has 0 radical (unpaired) electrons. The number of aliphatic hydroxyl groups excluding tert-OH is 3. The molecule has 3 aromatic rings. The lowest BCUT2D eigenvalue weighted by Crippen LogP contribution is -2.40. The van der Waals surface area contributed by atoms with Crippen LogP contribution in [0.1, 0.15) is 122 Å². The van der Waals surface area contributed by atoms with Crippen molar-refractivity contribution in [1.29, 1.82) is 5.26 Å². The maximum atomic E-state index is 13.9. The fraction of sp³-hybridized carbons (Fsp3) is 0.650. The van der Waals surface area contributed by atoms with Gasteiger partial charge in [-0.2, -0.15) is 15.4 Å². The van der Waals surface area contributed by atoms with Gasteiger partial charge < -0.3 is 35.1 Å². The maximum Gasteiger partial charge on any atom is 0.459 e. The number of esters is 1. The Morgan fingerprint density at radius 3 is 2.11 bits per heavy atom. The Labute approximate surface area is 331 Å². The lowest BCUT2D eigenvalue weighted by molar-refractivity contribution is -0.145. The second-order valence-corrected chi connectivity index (χ2v) is 15.8. The van der Waals surface area contributed by atoms with E-state index in [2.05, 4.69) is 22.1 Å². The number of aromatic nitrogens is 3. The van der Waals surface area contributed by atoms with Gasteiger partial charge in [-0.3, -0.25) is 9.32 Å². The van der Waals surface area contributed by atoms with Crippen molar-refractivity contribution in [2.45, 2.75) is 135 Å². The number of nitrogens with one attached hydrogen (secondary N) is 1. The van der Waals surface area contributed by atoms with E-state index in [1.165, 1.54) is 113 Å². The third kappa shape index (κ3) is 16.5. The summed E-state index contributed by atoms with van der Waals surface area (Å²) in [5.41, 5.74) is 6.30. The zero-order chi connectivity index (χ0) is 40.6.